The predicted octanol–water partition coefficient (Wildman–Crippen LogP) is -0.806. The first-order valence-corrected chi connectivity index (χ1v) is 6.50. The minimum atomic E-state index is 0. The number of halogens is 1. The van der Waals surface area contributed by atoms with Crippen LogP contribution in [0.5, 0.6) is 0 Å². The van der Waals surface area contributed by atoms with Gasteiger partial charge >= 0.3 is 0 Å². The molecule has 3 aromatic rings. The molecule has 0 amide bonds. The standard InChI is InChI=1S/C16H17N2O.BrH/c19-12-13-4-3-8-18(11-13)9-7-14-10-17-16-6-2-1-5-15(14)16;/h1-6,8,10-11,17,19H,7,9,12H2;1H/q+1;/p-1. The van der Waals surface area contributed by atoms with Crippen LogP contribution in [0, 0.1) is 0 Å². The van der Waals surface area contributed by atoms with Crippen molar-refractivity contribution in [1.29, 1.82) is 0 Å². The zero-order valence-corrected chi connectivity index (χ0v) is 12.7. The highest BCUT2D eigenvalue weighted by Crippen LogP contribution is 2.17. The van der Waals surface area contributed by atoms with E-state index in [0.717, 1.165) is 18.5 Å². The molecule has 0 fully saturated rings. The minimum Gasteiger partial charge on any atom is -1.00 e. The zero-order chi connectivity index (χ0) is 13.1. The Kier molecular flexibility index (Phi) is 4.93. The normalized spacial score (nSPS) is 10.4. The fraction of sp³-hybridized carbons (Fsp3) is 0.188. The van der Waals surface area contributed by atoms with Gasteiger partial charge in [-0.1, -0.05) is 18.2 Å². The maximum Gasteiger partial charge on any atom is 0.174 e. The lowest BCUT2D eigenvalue weighted by molar-refractivity contribution is -0.696. The summed E-state index contributed by atoms with van der Waals surface area (Å²) in [6, 6.07) is 12.3. The summed E-state index contributed by atoms with van der Waals surface area (Å²) in [5.41, 5.74) is 3.46. The van der Waals surface area contributed by atoms with E-state index in [9.17, 15) is 0 Å². The first-order chi connectivity index (χ1) is 9.36. The Morgan fingerprint density at radius 2 is 1.95 bits per heavy atom. The van der Waals surface area contributed by atoms with Crippen molar-refractivity contribution < 1.29 is 26.7 Å². The van der Waals surface area contributed by atoms with Gasteiger partial charge in [-0.05, 0) is 17.7 Å². The molecule has 1 aromatic carbocycles. The van der Waals surface area contributed by atoms with Gasteiger partial charge in [0.15, 0.2) is 18.9 Å². The van der Waals surface area contributed by atoms with Gasteiger partial charge in [-0.3, -0.25) is 0 Å². The van der Waals surface area contributed by atoms with Gasteiger partial charge in [0.25, 0.3) is 0 Å². The van der Waals surface area contributed by atoms with Gasteiger partial charge in [0, 0.05) is 35.2 Å². The lowest BCUT2D eigenvalue weighted by Gasteiger charge is -1.99. The summed E-state index contributed by atoms with van der Waals surface area (Å²) >= 11 is 0. The van der Waals surface area contributed by atoms with Crippen LogP contribution < -0.4 is 21.5 Å². The average molecular weight is 333 g/mol. The summed E-state index contributed by atoms with van der Waals surface area (Å²) in [5.74, 6) is 0. The Labute approximate surface area is 128 Å². The molecule has 2 heterocycles. The molecular weight excluding hydrogens is 316 g/mol. The SMILES string of the molecule is OCc1ccc[n+](CCc2c[nH]c3ccccc23)c1.[Br-]. The molecule has 2 N–H and O–H groups in total. The number of hydrogen-bond acceptors (Lipinski definition) is 1. The monoisotopic (exact) mass is 332 g/mol. The van der Waals surface area contributed by atoms with Crippen LogP contribution in [-0.2, 0) is 19.6 Å². The minimum absolute atomic E-state index is 0. The van der Waals surface area contributed by atoms with Crippen LogP contribution in [0.1, 0.15) is 11.1 Å². The number of benzene rings is 1. The van der Waals surface area contributed by atoms with Gasteiger partial charge in [-0.2, -0.15) is 0 Å². The molecule has 0 saturated heterocycles. The Hall–Kier alpha value is -1.65. The number of fused-ring (bicyclic) bond motifs is 1. The first kappa shape index (κ1) is 14.8. The zero-order valence-electron chi connectivity index (χ0n) is 11.1. The number of aryl methyl sites for hydroxylation is 2. The van der Waals surface area contributed by atoms with Gasteiger partial charge < -0.3 is 27.1 Å². The van der Waals surface area contributed by atoms with Crippen LogP contribution >= 0.6 is 0 Å². The van der Waals surface area contributed by atoms with Crippen molar-refractivity contribution in [3.05, 3.63) is 66.1 Å². The number of nitrogens with zero attached hydrogens (tertiary/aromatic N) is 1. The third-order valence-electron chi connectivity index (χ3n) is 3.42. The number of aromatic amines is 1. The van der Waals surface area contributed by atoms with Crippen molar-refractivity contribution in [3.8, 4) is 0 Å². The number of pyridine rings is 1. The van der Waals surface area contributed by atoms with Crippen molar-refractivity contribution in [1.82, 2.24) is 4.98 Å². The second-order valence-corrected chi connectivity index (χ2v) is 4.72. The number of rotatable bonds is 4. The molecule has 0 unspecified atom stereocenters. The summed E-state index contributed by atoms with van der Waals surface area (Å²) in [4.78, 5) is 3.30. The van der Waals surface area contributed by atoms with Gasteiger partial charge in [-0.25, -0.2) is 4.57 Å². The van der Waals surface area contributed by atoms with Crippen LogP contribution in [0.2, 0.25) is 0 Å². The third-order valence-corrected chi connectivity index (χ3v) is 3.42. The molecule has 2 aromatic heterocycles. The van der Waals surface area contributed by atoms with E-state index >= 15 is 0 Å². The fourth-order valence-electron chi connectivity index (χ4n) is 2.40. The molecule has 0 radical (unpaired) electrons. The largest absolute Gasteiger partial charge is 1.00 e. The van der Waals surface area contributed by atoms with Crippen LogP contribution in [0.15, 0.2) is 55.0 Å². The van der Waals surface area contributed by atoms with E-state index < -0.39 is 0 Å². The molecule has 0 bridgehead atoms. The highest BCUT2D eigenvalue weighted by atomic mass is 79.9. The maximum absolute atomic E-state index is 9.14. The lowest BCUT2D eigenvalue weighted by atomic mass is 10.1. The van der Waals surface area contributed by atoms with Crippen LogP contribution in [-0.4, -0.2) is 10.1 Å². The number of aliphatic hydroxyl groups is 1. The molecule has 0 aliphatic rings. The number of nitrogens with one attached hydrogen (secondary N) is 1. The summed E-state index contributed by atoms with van der Waals surface area (Å²) in [7, 11) is 0. The average Bonchev–Trinajstić information content (AvgIpc) is 2.89. The Balaban J connectivity index is 0.00000147. The van der Waals surface area contributed by atoms with Crippen molar-refractivity contribution >= 4 is 10.9 Å². The summed E-state index contributed by atoms with van der Waals surface area (Å²) < 4.78 is 2.12. The van der Waals surface area contributed by atoms with Crippen molar-refractivity contribution in [3.63, 3.8) is 0 Å². The predicted molar refractivity (Wildman–Crippen MR) is 74.6 cm³/mol. The van der Waals surface area contributed by atoms with E-state index in [0.29, 0.717) is 0 Å². The summed E-state index contributed by atoms with van der Waals surface area (Å²) in [6.45, 7) is 1.00. The van der Waals surface area contributed by atoms with Gasteiger partial charge in [-0.15, -0.1) is 0 Å². The highest BCUT2D eigenvalue weighted by molar-refractivity contribution is 5.82. The quantitative estimate of drug-likeness (QED) is 0.603. The maximum atomic E-state index is 9.14. The smallest absolute Gasteiger partial charge is 0.174 e. The molecule has 20 heavy (non-hydrogen) atoms. The highest BCUT2D eigenvalue weighted by Gasteiger charge is 2.07. The second kappa shape index (κ2) is 6.68. The molecule has 0 atom stereocenters. The molecule has 0 aliphatic carbocycles. The van der Waals surface area contributed by atoms with Gasteiger partial charge in [0.05, 0.1) is 6.61 Å². The van der Waals surface area contributed by atoms with Gasteiger partial charge in [0.2, 0.25) is 0 Å². The molecule has 3 rings (SSSR count). The molecule has 104 valence electrons. The summed E-state index contributed by atoms with van der Waals surface area (Å²) in [6.07, 6.45) is 7.09. The molecule has 3 nitrogen and oxygen atoms in total. The first-order valence-electron chi connectivity index (χ1n) is 6.50. The van der Waals surface area contributed by atoms with Crippen LogP contribution in [0.4, 0.5) is 0 Å². The number of aromatic nitrogens is 2. The molecule has 0 saturated carbocycles. The van der Waals surface area contributed by atoms with E-state index in [-0.39, 0.29) is 23.6 Å². The molecule has 0 spiro atoms. The van der Waals surface area contributed by atoms with Crippen molar-refractivity contribution in [2.45, 2.75) is 19.6 Å². The van der Waals surface area contributed by atoms with E-state index in [2.05, 4.69) is 33.9 Å². The summed E-state index contributed by atoms with van der Waals surface area (Å²) in [5, 5.41) is 10.4. The topological polar surface area (TPSA) is 39.9 Å². The van der Waals surface area contributed by atoms with E-state index in [1.807, 2.05) is 30.6 Å². The fourth-order valence-corrected chi connectivity index (χ4v) is 2.40. The second-order valence-electron chi connectivity index (χ2n) is 4.72. The van der Waals surface area contributed by atoms with Gasteiger partial charge in [0.1, 0.15) is 0 Å². The molecular formula is C16H17BrN2O. The van der Waals surface area contributed by atoms with Crippen molar-refractivity contribution in [2.24, 2.45) is 0 Å². The Bertz CT molecular complexity index is 694. The lowest BCUT2D eigenvalue weighted by Crippen LogP contribution is -3.00. The van der Waals surface area contributed by atoms with E-state index in [4.69, 9.17) is 5.11 Å². The van der Waals surface area contributed by atoms with E-state index in [1.165, 1.54) is 16.5 Å². The Morgan fingerprint density at radius 3 is 2.80 bits per heavy atom. The number of hydrogen-bond donors (Lipinski definition) is 2. The number of para-hydroxylation sites is 1. The molecule has 0 aliphatic heterocycles. The Morgan fingerprint density at radius 1 is 1.10 bits per heavy atom. The number of H-pyrrole nitrogens is 1. The van der Waals surface area contributed by atoms with E-state index in [1.54, 1.807) is 0 Å². The number of aliphatic hydroxyl groups excluding tert-OH is 1. The third kappa shape index (κ3) is 3.08. The van der Waals surface area contributed by atoms with Crippen LogP contribution in [0.3, 0.4) is 0 Å². The molecule has 4 heteroatoms. The van der Waals surface area contributed by atoms with Crippen LogP contribution in [0.25, 0.3) is 10.9 Å². The van der Waals surface area contributed by atoms with Crippen molar-refractivity contribution in [2.75, 3.05) is 0 Å².